The van der Waals surface area contributed by atoms with Crippen molar-refractivity contribution in [1.82, 2.24) is 19.5 Å². The standard InChI is InChI=1S/C20H17N5O/c21-14-16-8-6-15(7-9-16)10-11-19(26)24-13-3-4-17(24)20-23-22-18-5-1-2-12-25(18)20/h1-2,5-12,17H,3-4,13H2/b11-10+/t17-/m1/s1. The van der Waals surface area contributed by atoms with Gasteiger partial charge in [-0.2, -0.15) is 5.26 Å². The van der Waals surface area contributed by atoms with Gasteiger partial charge in [0.05, 0.1) is 17.7 Å². The highest BCUT2D eigenvalue weighted by molar-refractivity contribution is 5.92. The molecule has 6 heteroatoms. The molecule has 2 aromatic heterocycles. The Bertz CT molecular complexity index is 1010. The molecule has 6 nitrogen and oxygen atoms in total. The number of nitriles is 1. The maximum atomic E-state index is 12.7. The van der Waals surface area contributed by atoms with Crippen LogP contribution in [0.15, 0.2) is 54.7 Å². The fraction of sp³-hybridized carbons (Fsp3) is 0.200. The van der Waals surface area contributed by atoms with Crippen LogP contribution in [0.3, 0.4) is 0 Å². The number of carbonyl (C=O) groups is 1. The molecule has 1 amide bonds. The number of amides is 1. The number of hydrogen-bond donors (Lipinski definition) is 0. The number of benzene rings is 1. The zero-order valence-electron chi connectivity index (χ0n) is 14.1. The molecule has 1 saturated heterocycles. The molecule has 1 aliphatic heterocycles. The van der Waals surface area contributed by atoms with Gasteiger partial charge >= 0.3 is 0 Å². The average Bonchev–Trinajstić information content (AvgIpc) is 3.33. The highest BCUT2D eigenvalue weighted by atomic mass is 16.2. The van der Waals surface area contributed by atoms with Gasteiger partial charge in [-0.05, 0) is 48.7 Å². The Morgan fingerprint density at radius 3 is 2.85 bits per heavy atom. The van der Waals surface area contributed by atoms with E-state index in [0.29, 0.717) is 12.1 Å². The minimum Gasteiger partial charge on any atom is -0.329 e. The number of fused-ring (bicyclic) bond motifs is 1. The third-order valence-electron chi connectivity index (χ3n) is 4.63. The monoisotopic (exact) mass is 343 g/mol. The maximum absolute atomic E-state index is 12.7. The first-order chi connectivity index (χ1) is 12.8. The summed E-state index contributed by atoms with van der Waals surface area (Å²) in [6.07, 6.45) is 7.12. The molecule has 0 bridgehead atoms. The predicted molar refractivity (Wildman–Crippen MR) is 96.9 cm³/mol. The Hall–Kier alpha value is -3.46. The van der Waals surface area contributed by atoms with Crippen molar-refractivity contribution < 1.29 is 4.79 Å². The smallest absolute Gasteiger partial charge is 0.247 e. The number of pyridine rings is 1. The summed E-state index contributed by atoms with van der Waals surface area (Å²) < 4.78 is 1.95. The number of aromatic nitrogens is 3. The fourth-order valence-corrected chi connectivity index (χ4v) is 3.32. The van der Waals surface area contributed by atoms with Crippen LogP contribution in [0.4, 0.5) is 0 Å². The largest absolute Gasteiger partial charge is 0.329 e. The van der Waals surface area contributed by atoms with Gasteiger partial charge < -0.3 is 4.90 Å². The molecule has 128 valence electrons. The highest BCUT2D eigenvalue weighted by Crippen LogP contribution is 2.31. The Morgan fingerprint density at radius 2 is 2.04 bits per heavy atom. The van der Waals surface area contributed by atoms with Gasteiger partial charge in [-0.25, -0.2) is 0 Å². The lowest BCUT2D eigenvalue weighted by atomic mass is 10.1. The Balaban J connectivity index is 1.55. The summed E-state index contributed by atoms with van der Waals surface area (Å²) in [5.74, 6) is 0.766. The lowest BCUT2D eigenvalue weighted by Gasteiger charge is -2.22. The third-order valence-corrected chi connectivity index (χ3v) is 4.63. The quantitative estimate of drug-likeness (QED) is 0.685. The van der Waals surface area contributed by atoms with Crippen LogP contribution in [0.25, 0.3) is 11.7 Å². The van der Waals surface area contributed by atoms with Crippen molar-refractivity contribution in [2.45, 2.75) is 18.9 Å². The molecule has 1 aromatic carbocycles. The summed E-state index contributed by atoms with van der Waals surface area (Å²) in [5.41, 5.74) is 2.28. The summed E-state index contributed by atoms with van der Waals surface area (Å²) in [4.78, 5) is 14.6. The predicted octanol–water partition coefficient (Wildman–Crippen LogP) is 2.98. The lowest BCUT2D eigenvalue weighted by molar-refractivity contribution is -0.127. The number of nitrogens with zero attached hydrogens (tertiary/aromatic N) is 5. The van der Waals surface area contributed by atoms with E-state index in [1.165, 1.54) is 0 Å². The van der Waals surface area contributed by atoms with Gasteiger partial charge in [0.25, 0.3) is 0 Å². The molecule has 0 unspecified atom stereocenters. The molecule has 0 saturated carbocycles. The minimum atomic E-state index is -0.0643. The molecule has 1 fully saturated rings. The maximum Gasteiger partial charge on any atom is 0.247 e. The van der Waals surface area contributed by atoms with E-state index in [1.54, 1.807) is 24.3 Å². The molecule has 1 aliphatic rings. The van der Waals surface area contributed by atoms with E-state index in [0.717, 1.165) is 29.9 Å². The van der Waals surface area contributed by atoms with Crippen molar-refractivity contribution in [3.8, 4) is 6.07 Å². The van der Waals surface area contributed by atoms with E-state index in [9.17, 15) is 4.79 Å². The first-order valence-corrected chi connectivity index (χ1v) is 8.55. The van der Waals surface area contributed by atoms with Crippen LogP contribution in [-0.2, 0) is 4.79 Å². The van der Waals surface area contributed by atoms with Gasteiger partial charge in [0, 0.05) is 18.8 Å². The summed E-state index contributed by atoms with van der Waals surface area (Å²) in [7, 11) is 0. The Morgan fingerprint density at radius 1 is 1.19 bits per heavy atom. The second-order valence-electron chi connectivity index (χ2n) is 6.24. The number of rotatable bonds is 3. The van der Waals surface area contributed by atoms with E-state index >= 15 is 0 Å². The van der Waals surface area contributed by atoms with Crippen molar-refractivity contribution in [1.29, 1.82) is 5.26 Å². The summed E-state index contributed by atoms with van der Waals surface area (Å²) in [6, 6.07) is 14.9. The molecule has 0 aliphatic carbocycles. The van der Waals surface area contributed by atoms with E-state index in [-0.39, 0.29) is 11.9 Å². The molecule has 26 heavy (non-hydrogen) atoms. The van der Waals surface area contributed by atoms with Crippen LogP contribution in [0.5, 0.6) is 0 Å². The zero-order chi connectivity index (χ0) is 17.9. The first-order valence-electron chi connectivity index (χ1n) is 8.55. The van der Waals surface area contributed by atoms with Crippen molar-refractivity contribution in [3.63, 3.8) is 0 Å². The zero-order valence-corrected chi connectivity index (χ0v) is 14.1. The first kappa shape index (κ1) is 16.0. The summed E-state index contributed by atoms with van der Waals surface area (Å²) in [5, 5.41) is 17.4. The normalized spacial score (nSPS) is 17.0. The average molecular weight is 343 g/mol. The molecule has 4 rings (SSSR count). The number of hydrogen-bond acceptors (Lipinski definition) is 4. The molecule has 3 aromatic rings. The van der Waals surface area contributed by atoms with Gasteiger partial charge in [-0.3, -0.25) is 9.20 Å². The van der Waals surface area contributed by atoms with E-state index < -0.39 is 0 Å². The number of carbonyl (C=O) groups excluding carboxylic acids is 1. The SMILES string of the molecule is N#Cc1ccc(/C=C/C(=O)N2CCC[C@@H]2c2nnc3ccccn23)cc1. The summed E-state index contributed by atoms with van der Waals surface area (Å²) in [6.45, 7) is 0.711. The van der Waals surface area contributed by atoms with Crippen molar-refractivity contribution >= 4 is 17.6 Å². The molecule has 0 spiro atoms. The van der Waals surface area contributed by atoms with Crippen LogP contribution < -0.4 is 0 Å². The van der Waals surface area contributed by atoms with Gasteiger partial charge in [-0.15, -0.1) is 10.2 Å². The van der Waals surface area contributed by atoms with Crippen LogP contribution in [0, 0.1) is 11.3 Å². The third kappa shape index (κ3) is 2.95. The second-order valence-corrected chi connectivity index (χ2v) is 6.24. The van der Waals surface area contributed by atoms with Crippen molar-refractivity contribution in [2.24, 2.45) is 0 Å². The van der Waals surface area contributed by atoms with Crippen molar-refractivity contribution in [3.05, 3.63) is 71.7 Å². The fourth-order valence-electron chi connectivity index (χ4n) is 3.32. The second kappa shape index (κ2) is 6.81. The molecular weight excluding hydrogens is 326 g/mol. The Kier molecular flexibility index (Phi) is 4.20. The molecule has 1 atom stereocenters. The van der Waals surface area contributed by atoms with Crippen LogP contribution >= 0.6 is 0 Å². The van der Waals surface area contributed by atoms with Crippen LogP contribution in [0.2, 0.25) is 0 Å². The topological polar surface area (TPSA) is 74.3 Å². The molecule has 0 N–H and O–H groups in total. The minimum absolute atomic E-state index is 0.0375. The van der Waals surface area contributed by atoms with Gasteiger partial charge in [0.15, 0.2) is 11.5 Å². The van der Waals surface area contributed by atoms with Crippen molar-refractivity contribution in [2.75, 3.05) is 6.54 Å². The summed E-state index contributed by atoms with van der Waals surface area (Å²) >= 11 is 0. The van der Waals surface area contributed by atoms with E-state index in [2.05, 4.69) is 16.3 Å². The molecule has 0 radical (unpaired) electrons. The van der Waals surface area contributed by atoms with Crippen LogP contribution in [0.1, 0.15) is 35.8 Å². The van der Waals surface area contributed by atoms with Gasteiger partial charge in [-0.1, -0.05) is 18.2 Å². The Labute approximate surface area is 151 Å². The highest BCUT2D eigenvalue weighted by Gasteiger charge is 2.32. The van der Waals surface area contributed by atoms with Crippen LogP contribution in [-0.4, -0.2) is 31.9 Å². The van der Waals surface area contributed by atoms with E-state index in [4.69, 9.17) is 5.26 Å². The lowest BCUT2D eigenvalue weighted by Crippen LogP contribution is -2.30. The molecule has 3 heterocycles. The number of likely N-dealkylation sites (tertiary alicyclic amines) is 1. The van der Waals surface area contributed by atoms with Gasteiger partial charge in [0.2, 0.25) is 5.91 Å². The van der Waals surface area contributed by atoms with Gasteiger partial charge in [0.1, 0.15) is 0 Å². The van der Waals surface area contributed by atoms with E-state index in [1.807, 2.05) is 45.8 Å². The molecular formula is C20H17N5O.